The lowest BCUT2D eigenvalue weighted by molar-refractivity contribution is -0.646. The molecule has 0 saturated heterocycles. The number of hydrogen-bond donors (Lipinski definition) is 0. The zero-order valence-corrected chi connectivity index (χ0v) is 23.6. The summed E-state index contributed by atoms with van der Waals surface area (Å²) in [6.45, 7) is 18.8. The molecule has 0 spiro atoms. The van der Waals surface area contributed by atoms with Gasteiger partial charge in [-0.3, -0.25) is 0 Å². The lowest BCUT2D eigenvalue weighted by Crippen LogP contribution is -2.38. The van der Waals surface area contributed by atoms with E-state index < -0.39 is 8.07 Å². The summed E-state index contributed by atoms with van der Waals surface area (Å²) in [6.07, 6.45) is 3.07. The van der Waals surface area contributed by atoms with Crippen LogP contribution in [0, 0.1) is 19.3 Å². The van der Waals surface area contributed by atoms with Crippen LogP contribution in [0.3, 0.4) is 0 Å². The van der Waals surface area contributed by atoms with Crippen LogP contribution in [0.15, 0.2) is 42.7 Å². The van der Waals surface area contributed by atoms with Crippen molar-refractivity contribution in [3.63, 3.8) is 0 Å². The van der Waals surface area contributed by atoms with Crippen molar-refractivity contribution < 1.29 is 4.57 Å². The fourth-order valence-electron chi connectivity index (χ4n) is 5.97. The molecule has 0 radical (unpaired) electrons. The van der Waals surface area contributed by atoms with Gasteiger partial charge in [0.1, 0.15) is 5.52 Å². The normalized spacial score (nSPS) is 13.4. The molecular weight excluding hydrogens is 442 g/mol. The highest BCUT2D eigenvalue weighted by atomic mass is 28.3. The first-order chi connectivity index (χ1) is 16.3. The van der Waals surface area contributed by atoms with Crippen LogP contribution in [0.4, 0.5) is 0 Å². The first-order valence-corrected chi connectivity index (χ1v) is 16.3. The number of fused-ring (bicyclic) bond motifs is 5. The Balaban J connectivity index is 1.93. The van der Waals surface area contributed by atoms with Crippen molar-refractivity contribution in [3.05, 3.63) is 59.4 Å². The summed E-state index contributed by atoms with van der Waals surface area (Å²) in [6, 6.07) is 14.4. The molecule has 0 atom stereocenters. The SMILES string of the molecule is Cc1cc2c3cc(CC(C)(C)C)ccc3n3c4cc([Si](C)(C)C)cc5nc[n+](C)c(c(c1C)c23)c54. The number of aromatic nitrogens is 3. The third-order valence-corrected chi connectivity index (χ3v) is 9.79. The zero-order valence-electron chi connectivity index (χ0n) is 22.6. The Morgan fingerprint density at radius 3 is 2.34 bits per heavy atom. The minimum absolute atomic E-state index is 0.255. The second-order valence-corrected chi connectivity index (χ2v) is 17.9. The maximum atomic E-state index is 4.94. The van der Waals surface area contributed by atoms with Crippen molar-refractivity contribution in [2.24, 2.45) is 12.5 Å². The van der Waals surface area contributed by atoms with Gasteiger partial charge in [0.05, 0.1) is 42.4 Å². The smallest absolute Gasteiger partial charge is 0.287 e. The number of aryl methyl sites for hydroxylation is 3. The van der Waals surface area contributed by atoms with Gasteiger partial charge in [-0.1, -0.05) is 51.7 Å². The van der Waals surface area contributed by atoms with E-state index in [1.54, 1.807) is 0 Å². The van der Waals surface area contributed by atoms with Crippen molar-refractivity contribution in [2.45, 2.75) is 60.7 Å². The van der Waals surface area contributed by atoms with E-state index >= 15 is 0 Å². The largest absolute Gasteiger partial charge is 0.308 e. The Morgan fingerprint density at radius 2 is 1.66 bits per heavy atom. The first kappa shape index (κ1) is 22.5. The molecular formula is C31H36N3Si+. The zero-order chi connectivity index (χ0) is 25.0. The average molecular weight is 479 g/mol. The number of pyridine rings is 1. The highest BCUT2D eigenvalue weighted by Gasteiger charge is 2.27. The van der Waals surface area contributed by atoms with Crippen LogP contribution in [-0.2, 0) is 13.5 Å². The number of benzene rings is 3. The van der Waals surface area contributed by atoms with Gasteiger partial charge >= 0.3 is 0 Å². The number of rotatable bonds is 2. The van der Waals surface area contributed by atoms with Gasteiger partial charge in [0.15, 0.2) is 5.52 Å². The van der Waals surface area contributed by atoms with Gasteiger partial charge in [0.25, 0.3) is 6.33 Å². The molecule has 0 aliphatic heterocycles. The summed E-state index contributed by atoms with van der Waals surface area (Å²) in [5.74, 6) is 0. The molecule has 3 aromatic carbocycles. The molecule has 3 aromatic heterocycles. The summed E-state index contributed by atoms with van der Waals surface area (Å²) in [5.41, 5.74) is 10.7. The lowest BCUT2D eigenvalue weighted by atomic mass is 9.87. The van der Waals surface area contributed by atoms with E-state index in [1.807, 2.05) is 6.33 Å². The van der Waals surface area contributed by atoms with E-state index in [-0.39, 0.29) is 5.41 Å². The van der Waals surface area contributed by atoms with Crippen molar-refractivity contribution >= 4 is 62.4 Å². The molecule has 6 rings (SSSR count). The minimum Gasteiger partial charge on any atom is -0.308 e. The number of nitrogens with zero attached hydrogens (tertiary/aromatic N) is 3. The third-order valence-electron chi connectivity index (χ3n) is 7.77. The summed E-state index contributed by atoms with van der Waals surface area (Å²) < 4.78 is 4.78. The van der Waals surface area contributed by atoms with Gasteiger partial charge in [-0.2, -0.15) is 0 Å². The van der Waals surface area contributed by atoms with Gasteiger partial charge in [0, 0.05) is 10.8 Å². The van der Waals surface area contributed by atoms with Crippen LogP contribution in [-0.4, -0.2) is 17.5 Å². The van der Waals surface area contributed by atoms with Crippen molar-refractivity contribution in [2.75, 3.05) is 0 Å². The Morgan fingerprint density at radius 1 is 0.914 bits per heavy atom. The second kappa shape index (κ2) is 7.04. The van der Waals surface area contributed by atoms with E-state index in [4.69, 9.17) is 4.98 Å². The second-order valence-electron chi connectivity index (χ2n) is 12.9. The minimum atomic E-state index is -1.54. The molecule has 35 heavy (non-hydrogen) atoms. The summed E-state index contributed by atoms with van der Waals surface area (Å²) in [4.78, 5) is 4.94. The van der Waals surface area contributed by atoms with Gasteiger partial charge in [-0.25, -0.2) is 4.57 Å². The van der Waals surface area contributed by atoms with Crippen molar-refractivity contribution in [1.29, 1.82) is 0 Å². The average Bonchev–Trinajstić information content (AvgIpc) is 3.07. The molecule has 0 bridgehead atoms. The predicted octanol–water partition coefficient (Wildman–Crippen LogP) is 6.96. The third kappa shape index (κ3) is 3.22. The van der Waals surface area contributed by atoms with Gasteiger partial charge in [-0.15, -0.1) is 0 Å². The van der Waals surface area contributed by atoms with Crippen LogP contribution < -0.4 is 9.75 Å². The lowest BCUT2D eigenvalue weighted by Gasteiger charge is -2.19. The van der Waals surface area contributed by atoms with Crippen LogP contribution in [0.1, 0.15) is 37.5 Å². The molecule has 0 N–H and O–H groups in total. The quantitative estimate of drug-likeness (QED) is 0.114. The van der Waals surface area contributed by atoms with Crippen LogP contribution in [0.5, 0.6) is 0 Å². The molecule has 0 unspecified atom stereocenters. The van der Waals surface area contributed by atoms with Crippen LogP contribution in [0.2, 0.25) is 19.6 Å². The standard InChI is InChI=1S/C31H36N3Si/c1-18-12-23-22-13-20(16-31(3,4)5)10-11-25(22)34-26-15-21(35(7,8)9)14-24-28(26)30(33(6)17-32-24)27(19(18)2)29(23)34/h10-15,17H,16H2,1-9H3/q+1. The van der Waals surface area contributed by atoms with Gasteiger partial charge in [-0.05, 0) is 77.7 Å². The molecule has 3 heterocycles. The van der Waals surface area contributed by atoms with E-state index in [1.165, 1.54) is 65.5 Å². The molecule has 4 heteroatoms. The molecule has 178 valence electrons. The fourth-order valence-corrected chi connectivity index (χ4v) is 7.11. The van der Waals surface area contributed by atoms with E-state index in [9.17, 15) is 0 Å². The van der Waals surface area contributed by atoms with Gasteiger partial charge in [0.2, 0.25) is 0 Å². The molecule has 3 nitrogen and oxygen atoms in total. The summed E-state index contributed by atoms with van der Waals surface area (Å²) >= 11 is 0. The van der Waals surface area contributed by atoms with Crippen molar-refractivity contribution in [3.8, 4) is 0 Å². The molecule has 0 amide bonds. The molecule has 0 saturated carbocycles. The Kier molecular flexibility index (Phi) is 4.52. The predicted molar refractivity (Wildman–Crippen MR) is 153 cm³/mol. The molecule has 0 aliphatic rings. The highest BCUT2D eigenvalue weighted by molar-refractivity contribution is 6.89. The summed E-state index contributed by atoms with van der Waals surface area (Å²) in [7, 11) is 0.602. The van der Waals surface area contributed by atoms with E-state index in [0.29, 0.717) is 0 Å². The van der Waals surface area contributed by atoms with Gasteiger partial charge < -0.3 is 4.40 Å². The maximum Gasteiger partial charge on any atom is 0.287 e. The van der Waals surface area contributed by atoms with Crippen LogP contribution >= 0.6 is 0 Å². The molecule has 6 aromatic rings. The monoisotopic (exact) mass is 478 g/mol. The molecule has 0 aliphatic carbocycles. The first-order valence-electron chi connectivity index (χ1n) is 12.8. The van der Waals surface area contributed by atoms with E-state index in [2.05, 4.69) is 107 Å². The Bertz CT molecular complexity index is 1810. The topological polar surface area (TPSA) is 21.2 Å². The fraction of sp³-hybridized carbons (Fsp3) is 0.355. The Labute approximate surface area is 208 Å². The number of hydrogen-bond acceptors (Lipinski definition) is 1. The van der Waals surface area contributed by atoms with E-state index in [0.717, 1.165) is 11.9 Å². The van der Waals surface area contributed by atoms with Crippen LogP contribution in [0.25, 0.3) is 49.1 Å². The van der Waals surface area contributed by atoms with Crippen molar-refractivity contribution in [1.82, 2.24) is 9.38 Å². The summed E-state index contributed by atoms with van der Waals surface area (Å²) in [5, 5.41) is 6.82. The molecule has 0 fully saturated rings. The maximum absolute atomic E-state index is 4.94. The Hall–Kier alpha value is -2.98. The highest BCUT2D eigenvalue weighted by Crippen LogP contribution is 2.41.